The van der Waals surface area contributed by atoms with Crippen LogP contribution in [0.2, 0.25) is 0 Å². The van der Waals surface area contributed by atoms with Crippen LogP contribution < -0.4 is 5.32 Å². The van der Waals surface area contributed by atoms with Crippen molar-refractivity contribution in [1.82, 2.24) is 19.5 Å². The molecule has 0 radical (unpaired) electrons. The Morgan fingerprint density at radius 3 is 2.88 bits per heavy atom. The lowest BCUT2D eigenvalue weighted by atomic mass is 10.2. The smallest absolute Gasteiger partial charge is 0.254 e. The summed E-state index contributed by atoms with van der Waals surface area (Å²) in [6.07, 6.45) is 2.80. The third-order valence-electron chi connectivity index (χ3n) is 3.99. The quantitative estimate of drug-likeness (QED) is 0.718. The molecule has 9 heteroatoms. The molecule has 3 rings (SSSR count). The summed E-state index contributed by atoms with van der Waals surface area (Å²) in [6, 6.07) is 3.54. The Morgan fingerprint density at radius 2 is 2.19 bits per heavy atom. The van der Waals surface area contributed by atoms with Crippen LogP contribution in [0.4, 0.5) is 5.82 Å². The SMILES string of the molecule is CC/C=C(/Br)OCc1nc2cc(C(=O)N3CCOCC3)cc(NC)n2n1. The predicted molar refractivity (Wildman–Crippen MR) is 101 cm³/mol. The molecule has 0 saturated carbocycles. The van der Waals surface area contributed by atoms with E-state index in [0.29, 0.717) is 53.8 Å². The molecule has 8 nitrogen and oxygen atoms in total. The average Bonchev–Trinajstić information content (AvgIpc) is 3.09. The van der Waals surface area contributed by atoms with Gasteiger partial charge in [-0.05, 0) is 40.6 Å². The van der Waals surface area contributed by atoms with E-state index in [4.69, 9.17) is 9.47 Å². The van der Waals surface area contributed by atoms with Crippen molar-refractivity contribution in [2.24, 2.45) is 0 Å². The van der Waals surface area contributed by atoms with Gasteiger partial charge in [-0.2, -0.15) is 4.52 Å². The maximum Gasteiger partial charge on any atom is 0.254 e. The Balaban J connectivity index is 1.85. The number of morpholine rings is 1. The number of pyridine rings is 1. The molecule has 1 amide bonds. The van der Waals surface area contributed by atoms with Gasteiger partial charge in [0, 0.05) is 25.7 Å². The van der Waals surface area contributed by atoms with Gasteiger partial charge in [0.1, 0.15) is 5.82 Å². The number of amides is 1. The largest absolute Gasteiger partial charge is 0.479 e. The van der Waals surface area contributed by atoms with E-state index in [2.05, 4.69) is 31.3 Å². The highest BCUT2D eigenvalue weighted by molar-refractivity contribution is 9.11. The average molecular weight is 424 g/mol. The number of anilines is 1. The van der Waals surface area contributed by atoms with Gasteiger partial charge in [-0.3, -0.25) is 4.79 Å². The van der Waals surface area contributed by atoms with Gasteiger partial charge in [-0.1, -0.05) is 6.92 Å². The Labute approximate surface area is 160 Å². The van der Waals surface area contributed by atoms with Crippen molar-refractivity contribution in [1.29, 1.82) is 0 Å². The van der Waals surface area contributed by atoms with E-state index in [9.17, 15) is 4.79 Å². The summed E-state index contributed by atoms with van der Waals surface area (Å²) in [5, 5.41) is 7.52. The van der Waals surface area contributed by atoms with Crippen LogP contribution in [0.3, 0.4) is 0 Å². The third kappa shape index (κ3) is 4.16. The lowest BCUT2D eigenvalue weighted by Crippen LogP contribution is -2.40. The summed E-state index contributed by atoms with van der Waals surface area (Å²) < 4.78 is 13.2. The van der Waals surface area contributed by atoms with Gasteiger partial charge in [-0.25, -0.2) is 4.98 Å². The molecule has 26 heavy (non-hydrogen) atoms. The summed E-state index contributed by atoms with van der Waals surface area (Å²) in [6.45, 7) is 4.61. The number of nitrogens with zero attached hydrogens (tertiary/aromatic N) is 4. The first-order chi connectivity index (χ1) is 12.6. The molecule has 1 saturated heterocycles. The second-order valence-electron chi connectivity index (χ2n) is 5.79. The maximum atomic E-state index is 12.8. The van der Waals surface area contributed by atoms with Crippen LogP contribution >= 0.6 is 15.9 Å². The van der Waals surface area contributed by atoms with Gasteiger partial charge in [0.2, 0.25) is 0 Å². The monoisotopic (exact) mass is 423 g/mol. The van der Waals surface area contributed by atoms with Gasteiger partial charge in [-0.15, -0.1) is 5.10 Å². The molecule has 0 bridgehead atoms. The molecule has 1 fully saturated rings. The third-order valence-corrected chi connectivity index (χ3v) is 4.54. The van der Waals surface area contributed by atoms with E-state index < -0.39 is 0 Å². The van der Waals surface area contributed by atoms with Crippen LogP contribution in [-0.2, 0) is 16.1 Å². The summed E-state index contributed by atoms with van der Waals surface area (Å²) in [5.41, 5.74) is 1.18. The Bertz CT molecular complexity index is 814. The van der Waals surface area contributed by atoms with Crippen molar-refractivity contribution in [2.75, 3.05) is 38.7 Å². The molecule has 0 aliphatic carbocycles. The van der Waals surface area contributed by atoms with Crippen molar-refractivity contribution >= 4 is 33.3 Å². The second-order valence-corrected chi connectivity index (χ2v) is 6.57. The number of allylic oxidation sites excluding steroid dienone is 1. The first-order valence-corrected chi connectivity index (χ1v) is 9.34. The van der Waals surface area contributed by atoms with Gasteiger partial charge >= 0.3 is 0 Å². The minimum atomic E-state index is -0.0262. The Morgan fingerprint density at radius 1 is 1.42 bits per heavy atom. The number of nitrogens with one attached hydrogen (secondary N) is 1. The maximum absolute atomic E-state index is 12.8. The molecular formula is C17H22BrN5O3. The van der Waals surface area contributed by atoms with E-state index in [1.54, 1.807) is 28.6 Å². The molecule has 0 atom stereocenters. The topological polar surface area (TPSA) is 81.0 Å². The Hall–Kier alpha value is -2.13. The van der Waals surface area contributed by atoms with Crippen LogP contribution in [-0.4, -0.2) is 58.8 Å². The number of ether oxygens (including phenoxy) is 2. The van der Waals surface area contributed by atoms with Crippen molar-refractivity contribution in [2.45, 2.75) is 20.0 Å². The van der Waals surface area contributed by atoms with E-state index in [1.807, 2.05) is 13.0 Å². The van der Waals surface area contributed by atoms with Crippen molar-refractivity contribution in [3.63, 3.8) is 0 Å². The molecule has 1 N–H and O–H groups in total. The van der Waals surface area contributed by atoms with E-state index in [0.717, 1.165) is 6.42 Å². The molecular weight excluding hydrogens is 402 g/mol. The molecule has 1 aliphatic heterocycles. The zero-order valence-corrected chi connectivity index (χ0v) is 16.5. The van der Waals surface area contributed by atoms with Crippen molar-refractivity contribution < 1.29 is 14.3 Å². The molecule has 3 heterocycles. The number of hydrogen-bond donors (Lipinski definition) is 1. The van der Waals surface area contributed by atoms with E-state index in [1.165, 1.54) is 0 Å². The fraction of sp³-hybridized carbons (Fsp3) is 0.471. The van der Waals surface area contributed by atoms with Gasteiger partial charge in [0.25, 0.3) is 5.91 Å². The summed E-state index contributed by atoms with van der Waals surface area (Å²) in [4.78, 5) is 19.0. The van der Waals surface area contributed by atoms with Gasteiger partial charge < -0.3 is 19.7 Å². The van der Waals surface area contributed by atoms with Crippen LogP contribution in [0.15, 0.2) is 22.9 Å². The highest BCUT2D eigenvalue weighted by Gasteiger charge is 2.20. The number of rotatable bonds is 6. The molecule has 140 valence electrons. The lowest BCUT2D eigenvalue weighted by molar-refractivity contribution is 0.0303. The second kappa shape index (κ2) is 8.50. The number of carbonyl (C=O) groups excluding carboxylic acids is 1. The fourth-order valence-electron chi connectivity index (χ4n) is 2.69. The molecule has 1 aliphatic rings. The summed E-state index contributed by atoms with van der Waals surface area (Å²) in [7, 11) is 1.79. The normalized spacial score (nSPS) is 15.3. The number of carbonyl (C=O) groups is 1. The first-order valence-electron chi connectivity index (χ1n) is 8.55. The minimum Gasteiger partial charge on any atom is -0.479 e. The zero-order valence-electron chi connectivity index (χ0n) is 14.9. The first kappa shape index (κ1) is 18.7. The number of fused-ring (bicyclic) bond motifs is 1. The highest BCUT2D eigenvalue weighted by Crippen LogP contribution is 2.18. The molecule has 2 aromatic heterocycles. The molecule has 2 aromatic rings. The zero-order chi connectivity index (χ0) is 18.5. The molecule has 0 unspecified atom stereocenters. The van der Waals surface area contributed by atoms with Crippen LogP contribution in [0.1, 0.15) is 29.5 Å². The Kier molecular flexibility index (Phi) is 6.10. The van der Waals surface area contributed by atoms with Gasteiger partial charge in [0.15, 0.2) is 22.7 Å². The van der Waals surface area contributed by atoms with Crippen LogP contribution in [0.25, 0.3) is 5.65 Å². The summed E-state index contributed by atoms with van der Waals surface area (Å²) in [5.74, 6) is 1.21. The van der Waals surface area contributed by atoms with Crippen LogP contribution in [0, 0.1) is 0 Å². The number of halogens is 1. The number of aromatic nitrogens is 3. The van der Waals surface area contributed by atoms with Gasteiger partial charge in [0.05, 0.1) is 13.2 Å². The van der Waals surface area contributed by atoms with E-state index >= 15 is 0 Å². The van der Waals surface area contributed by atoms with Crippen molar-refractivity contribution in [3.8, 4) is 0 Å². The number of hydrogen-bond acceptors (Lipinski definition) is 6. The fourth-order valence-corrected chi connectivity index (χ4v) is 3.13. The molecule has 0 aromatic carbocycles. The minimum absolute atomic E-state index is 0.0262. The van der Waals surface area contributed by atoms with E-state index in [-0.39, 0.29) is 12.5 Å². The summed E-state index contributed by atoms with van der Waals surface area (Å²) >= 11 is 3.35. The highest BCUT2D eigenvalue weighted by atomic mass is 79.9. The lowest BCUT2D eigenvalue weighted by Gasteiger charge is -2.27. The standard InChI is InChI=1S/C17H22BrN5O3/c1-3-4-13(18)26-11-14-20-16-10-12(9-15(19-2)23(16)21-14)17(24)22-5-7-25-8-6-22/h4,9-10,19H,3,5-8,11H2,1-2H3/b13-4-. The molecule has 0 spiro atoms. The predicted octanol–water partition coefficient (Wildman–Crippen LogP) is 2.41. The van der Waals surface area contributed by atoms with Crippen molar-refractivity contribution in [3.05, 3.63) is 34.3 Å². The van der Waals surface area contributed by atoms with Crippen LogP contribution in [0.5, 0.6) is 0 Å².